The molecule has 0 radical (unpaired) electrons. The van der Waals surface area contributed by atoms with Crippen LogP contribution in [0.5, 0.6) is 5.88 Å². The molecule has 4 heterocycles. The third kappa shape index (κ3) is 5.46. The molecular formula is C28H31N3O4S. The number of ether oxygens (including phenoxy) is 1. The molecule has 188 valence electrons. The molecule has 7 nitrogen and oxygen atoms in total. The number of aromatic amines is 1. The van der Waals surface area contributed by atoms with Crippen molar-refractivity contribution in [1.29, 1.82) is 0 Å². The van der Waals surface area contributed by atoms with Crippen molar-refractivity contribution in [2.45, 2.75) is 55.7 Å². The number of nitrogens with one attached hydrogen (secondary N) is 1. The van der Waals surface area contributed by atoms with Crippen LogP contribution in [0.4, 0.5) is 0 Å². The molecule has 2 aliphatic heterocycles. The molecule has 2 aliphatic rings. The second kappa shape index (κ2) is 10.0. The van der Waals surface area contributed by atoms with E-state index in [-0.39, 0.29) is 4.90 Å². The Morgan fingerprint density at radius 1 is 0.972 bits per heavy atom. The molecule has 2 atom stereocenters. The number of aryl methyl sites for hydroxylation is 1. The lowest BCUT2D eigenvalue weighted by molar-refractivity contribution is 0.0633. The fourth-order valence-corrected chi connectivity index (χ4v) is 5.67. The van der Waals surface area contributed by atoms with Gasteiger partial charge in [-0.25, -0.2) is 4.98 Å². The van der Waals surface area contributed by atoms with Gasteiger partial charge in [-0.1, -0.05) is 23.8 Å². The molecule has 2 saturated heterocycles. The number of pyridine rings is 1. The van der Waals surface area contributed by atoms with Crippen molar-refractivity contribution in [3.8, 4) is 17.0 Å². The number of aromatic nitrogens is 2. The van der Waals surface area contributed by atoms with Crippen LogP contribution in [-0.2, 0) is 10.1 Å². The van der Waals surface area contributed by atoms with Crippen LogP contribution in [0.1, 0.15) is 31.2 Å². The van der Waals surface area contributed by atoms with Crippen LogP contribution in [0.15, 0.2) is 78.0 Å². The zero-order valence-corrected chi connectivity index (χ0v) is 21.3. The second-order valence-corrected chi connectivity index (χ2v) is 11.1. The first-order valence-electron chi connectivity index (χ1n) is 12.2. The molecule has 2 unspecified atom stereocenters. The summed E-state index contributed by atoms with van der Waals surface area (Å²) in [6.45, 7) is 1.84. The van der Waals surface area contributed by atoms with Crippen LogP contribution in [0, 0.1) is 6.92 Å². The van der Waals surface area contributed by atoms with Crippen molar-refractivity contribution in [2.75, 3.05) is 7.05 Å². The number of hydrogen-bond acceptors (Lipinski definition) is 5. The lowest BCUT2D eigenvalue weighted by Gasteiger charge is -2.36. The van der Waals surface area contributed by atoms with Gasteiger partial charge in [-0.15, -0.1) is 0 Å². The maximum Gasteiger partial charge on any atom is 0.294 e. The summed E-state index contributed by atoms with van der Waals surface area (Å²) in [4.78, 5) is 10.3. The number of nitrogens with zero attached hydrogens (tertiary/aromatic N) is 2. The first kappa shape index (κ1) is 24.5. The summed E-state index contributed by atoms with van der Waals surface area (Å²) in [5.74, 6) is 0.750. The van der Waals surface area contributed by atoms with Gasteiger partial charge in [0.1, 0.15) is 6.10 Å². The summed E-state index contributed by atoms with van der Waals surface area (Å²) in [5, 5.41) is 1.22. The Morgan fingerprint density at radius 2 is 1.67 bits per heavy atom. The van der Waals surface area contributed by atoms with Crippen molar-refractivity contribution in [2.24, 2.45) is 0 Å². The summed E-state index contributed by atoms with van der Waals surface area (Å²) in [7, 11) is -1.76. The van der Waals surface area contributed by atoms with E-state index in [4.69, 9.17) is 9.29 Å². The molecule has 4 aromatic rings. The van der Waals surface area contributed by atoms with Gasteiger partial charge >= 0.3 is 0 Å². The van der Waals surface area contributed by atoms with Crippen LogP contribution in [0.25, 0.3) is 22.0 Å². The van der Waals surface area contributed by atoms with E-state index in [0.717, 1.165) is 35.4 Å². The molecule has 2 bridgehead atoms. The Labute approximate surface area is 211 Å². The molecule has 0 saturated carbocycles. The van der Waals surface area contributed by atoms with Gasteiger partial charge in [0.25, 0.3) is 10.1 Å². The minimum atomic E-state index is -4.02. The maximum absolute atomic E-state index is 10.5. The van der Waals surface area contributed by atoms with E-state index in [1.54, 1.807) is 12.1 Å². The molecule has 0 spiro atoms. The smallest absolute Gasteiger partial charge is 0.294 e. The van der Waals surface area contributed by atoms with Crippen molar-refractivity contribution in [1.82, 2.24) is 14.9 Å². The fourth-order valence-electron chi connectivity index (χ4n) is 5.19. The fraction of sp³-hybridized carbons (Fsp3) is 0.321. The van der Waals surface area contributed by atoms with Gasteiger partial charge in [0.05, 0.1) is 4.90 Å². The number of piperidine rings is 1. The summed E-state index contributed by atoms with van der Waals surface area (Å²) in [5.41, 5.74) is 4.42. The molecule has 2 N–H and O–H groups in total. The highest BCUT2D eigenvalue weighted by atomic mass is 32.2. The highest BCUT2D eigenvalue weighted by Crippen LogP contribution is 2.36. The van der Waals surface area contributed by atoms with E-state index in [1.807, 2.05) is 25.4 Å². The predicted octanol–water partition coefficient (Wildman–Crippen LogP) is 5.48. The number of fused-ring (bicyclic) bond motifs is 3. The van der Waals surface area contributed by atoms with Crippen LogP contribution in [0.2, 0.25) is 0 Å². The average Bonchev–Trinajstić information content (AvgIpc) is 3.39. The number of benzene rings is 2. The minimum Gasteiger partial charge on any atom is -0.474 e. The van der Waals surface area contributed by atoms with Crippen molar-refractivity contribution < 1.29 is 17.7 Å². The first-order valence-corrected chi connectivity index (χ1v) is 13.7. The quantitative estimate of drug-likeness (QED) is 0.357. The van der Waals surface area contributed by atoms with E-state index in [9.17, 15) is 8.42 Å². The van der Waals surface area contributed by atoms with Crippen molar-refractivity contribution >= 4 is 21.0 Å². The van der Waals surface area contributed by atoms with Gasteiger partial charge < -0.3 is 14.6 Å². The normalized spacial score (nSPS) is 21.7. The Balaban J connectivity index is 0.000000205. The van der Waals surface area contributed by atoms with Crippen LogP contribution < -0.4 is 4.74 Å². The molecule has 2 fully saturated rings. The first-order chi connectivity index (χ1) is 17.3. The summed E-state index contributed by atoms with van der Waals surface area (Å²) in [6.07, 6.45) is 9.08. The Bertz CT molecular complexity index is 1420. The van der Waals surface area contributed by atoms with E-state index in [0.29, 0.717) is 18.2 Å². The zero-order valence-electron chi connectivity index (χ0n) is 20.5. The number of hydrogen-bond donors (Lipinski definition) is 2. The van der Waals surface area contributed by atoms with E-state index >= 15 is 0 Å². The van der Waals surface area contributed by atoms with Crippen molar-refractivity contribution in [3.05, 3.63) is 78.6 Å². The molecule has 36 heavy (non-hydrogen) atoms. The highest BCUT2D eigenvalue weighted by Gasteiger charge is 2.39. The third-order valence-corrected chi connectivity index (χ3v) is 8.15. The molecular weight excluding hydrogens is 474 g/mol. The van der Waals surface area contributed by atoms with Crippen LogP contribution in [0.3, 0.4) is 0 Å². The van der Waals surface area contributed by atoms with Gasteiger partial charge in [-0.2, -0.15) is 8.42 Å². The van der Waals surface area contributed by atoms with Gasteiger partial charge in [0.2, 0.25) is 5.88 Å². The number of rotatable bonds is 4. The topological polar surface area (TPSA) is 95.5 Å². The predicted molar refractivity (Wildman–Crippen MR) is 141 cm³/mol. The standard InChI is InChI=1S/C21H23N3O.C7H8O3S/c1-24-17-4-5-18(24)12-19(11-17)25-21-7-3-16(13-23-21)14-2-6-20-15(10-14)8-9-22-20;1-6-2-4-7(5-3-6)11(8,9)10/h2-3,6-10,13,17-19,22H,4-5,11-12H2,1H3;2-5H,1H3,(H,8,9,10). The van der Waals surface area contributed by atoms with E-state index in [1.165, 1.54) is 35.9 Å². The van der Waals surface area contributed by atoms with Gasteiger partial charge in [-0.05, 0) is 87.0 Å². The Hall–Kier alpha value is -3.20. The van der Waals surface area contributed by atoms with Crippen LogP contribution >= 0.6 is 0 Å². The molecule has 8 heteroatoms. The zero-order chi connectivity index (χ0) is 25.3. The monoisotopic (exact) mass is 505 g/mol. The average molecular weight is 506 g/mol. The van der Waals surface area contributed by atoms with Gasteiger partial charge in [-0.3, -0.25) is 4.55 Å². The summed E-state index contributed by atoms with van der Waals surface area (Å²) >= 11 is 0. The molecule has 6 rings (SSSR count). The van der Waals surface area contributed by atoms with Crippen molar-refractivity contribution in [3.63, 3.8) is 0 Å². The minimum absolute atomic E-state index is 0.0666. The highest BCUT2D eigenvalue weighted by molar-refractivity contribution is 7.85. The van der Waals surface area contributed by atoms with Gasteiger partial charge in [0.15, 0.2) is 0 Å². The van der Waals surface area contributed by atoms with E-state index < -0.39 is 10.1 Å². The molecule has 2 aromatic carbocycles. The van der Waals surface area contributed by atoms with E-state index in [2.05, 4.69) is 52.2 Å². The Kier molecular flexibility index (Phi) is 6.83. The summed E-state index contributed by atoms with van der Waals surface area (Å²) < 4.78 is 35.7. The number of H-pyrrole nitrogens is 1. The lowest BCUT2D eigenvalue weighted by atomic mass is 10.0. The molecule has 0 aliphatic carbocycles. The van der Waals surface area contributed by atoms with Crippen LogP contribution in [-0.4, -0.2) is 53.1 Å². The SMILES string of the molecule is CN1C2CCC1CC(Oc1ccc(-c3ccc4[nH]ccc4c3)cn1)C2.Cc1ccc(S(=O)(=O)O)cc1. The second-order valence-electron chi connectivity index (χ2n) is 9.71. The maximum atomic E-state index is 10.5. The summed E-state index contributed by atoms with van der Waals surface area (Å²) in [6, 6.07) is 20.0. The lowest BCUT2D eigenvalue weighted by Crippen LogP contribution is -2.43. The Morgan fingerprint density at radius 3 is 2.31 bits per heavy atom. The molecule has 0 amide bonds. The largest absolute Gasteiger partial charge is 0.474 e. The third-order valence-electron chi connectivity index (χ3n) is 7.28. The van der Waals surface area contributed by atoms with Gasteiger partial charge in [0, 0.05) is 41.6 Å². The molecule has 2 aromatic heterocycles.